The molecule has 7 nitrogen and oxygen atoms in total. The summed E-state index contributed by atoms with van der Waals surface area (Å²) in [5.74, 6) is 5.61. The van der Waals surface area contributed by atoms with Crippen molar-refractivity contribution in [1.82, 2.24) is 15.0 Å². The Balaban J connectivity index is 0.942. The van der Waals surface area contributed by atoms with E-state index in [1.54, 1.807) is 6.20 Å². The van der Waals surface area contributed by atoms with Crippen LogP contribution in [0.15, 0.2) is 36.5 Å². The highest BCUT2D eigenvalue weighted by Crippen LogP contribution is 2.60. The molecule has 3 bridgehead atoms. The molecule has 7 heteroatoms. The van der Waals surface area contributed by atoms with Crippen molar-refractivity contribution in [3.05, 3.63) is 36.5 Å². The van der Waals surface area contributed by atoms with E-state index in [0.29, 0.717) is 11.7 Å². The van der Waals surface area contributed by atoms with Gasteiger partial charge in [-0.3, -0.25) is 9.59 Å². The van der Waals surface area contributed by atoms with Crippen LogP contribution in [0, 0.1) is 40.9 Å². The van der Waals surface area contributed by atoms with Gasteiger partial charge in [-0.05, 0) is 112 Å². The van der Waals surface area contributed by atoms with Gasteiger partial charge in [0.15, 0.2) is 0 Å². The molecule has 7 unspecified atom stereocenters. The summed E-state index contributed by atoms with van der Waals surface area (Å²) in [6.45, 7) is 0. The molecule has 5 aliphatic carbocycles. The Labute approximate surface area is 235 Å². The maximum absolute atomic E-state index is 13.6. The molecule has 5 fully saturated rings. The number of pyridine rings is 1. The van der Waals surface area contributed by atoms with E-state index in [-0.39, 0.29) is 23.1 Å². The summed E-state index contributed by atoms with van der Waals surface area (Å²) in [7, 11) is 0. The maximum Gasteiger partial charge on any atom is 0.231 e. The molecule has 7 atom stereocenters. The van der Waals surface area contributed by atoms with Crippen LogP contribution in [-0.2, 0) is 9.59 Å². The summed E-state index contributed by atoms with van der Waals surface area (Å²) in [6, 6.07) is 9.76. The molecule has 2 heterocycles. The van der Waals surface area contributed by atoms with E-state index in [4.69, 9.17) is 4.98 Å². The number of benzene rings is 1. The number of amides is 2. The third-order valence-corrected chi connectivity index (χ3v) is 11.4. The summed E-state index contributed by atoms with van der Waals surface area (Å²) in [4.78, 5) is 39.1. The van der Waals surface area contributed by atoms with Gasteiger partial charge in [0.25, 0.3) is 0 Å². The molecule has 3 aromatic rings. The molecule has 40 heavy (non-hydrogen) atoms. The molecule has 2 amide bonds. The second-order valence-electron chi connectivity index (χ2n) is 13.7. The summed E-state index contributed by atoms with van der Waals surface area (Å²) in [5, 5.41) is 6.31. The van der Waals surface area contributed by atoms with E-state index in [1.165, 1.54) is 44.9 Å². The lowest BCUT2D eigenvalue weighted by Crippen LogP contribution is -2.38. The molecule has 208 valence electrons. The van der Waals surface area contributed by atoms with Crippen LogP contribution in [0.25, 0.3) is 22.4 Å². The van der Waals surface area contributed by atoms with E-state index in [1.807, 2.05) is 30.3 Å². The molecule has 3 N–H and O–H groups in total. The lowest BCUT2D eigenvalue weighted by atomic mass is 9.62. The number of hydrogen-bond donors (Lipinski definition) is 3. The van der Waals surface area contributed by atoms with Crippen molar-refractivity contribution in [2.45, 2.75) is 77.0 Å². The Kier molecular flexibility index (Phi) is 5.79. The highest BCUT2D eigenvalue weighted by molar-refractivity contribution is 5.96. The van der Waals surface area contributed by atoms with E-state index in [9.17, 15) is 9.59 Å². The van der Waals surface area contributed by atoms with Crippen molar-refractivity contribution >= 4 is 34.4 Å². The highest BCUT2D eigenvalue weighted by atomic mass is 16.2. The van der Waals surface area contributed by atoms with E-state index in [2.05, 4.69) is 20.6 Å². The van der Waals surface area contributed by atoms with Gasteiger partial charge in [-0.25, -0.2) is 9.97 Å². The Morgan fingerprint density at radius 1 is 0.850 bits per heavy atom. The summed E-state index contributed by atoms with van der Waals surface area (Å²) in [6.07, 6.45) is 16.1. The molecular formula is C33H39N5O2. The number of rotatable bonds is 5. The van der Waals surface area contributed by atoms with Crippen LogP contribution in [-0.4, -0.2) is 26.8 Å². The molecule has 0 aliphatic heterocycles. The predicted octanol–water partition coefficient (Wildman–Crippen LogP) is 6.93. The van der Waals surface area contributed by atoms with Crippen LogP contribution in [0.5, 0.6) is 0 Å². The molecule has 1 aromatic carbocycles. The molecular weight excluding hydrogens is 498 g/mol. The Bertz CT molecular complexity index is 1460. The molecule has 2 aromatic heterocycles. The van der Waals surface area contributed by atoms with Crippen LogP contribution >= 0.6 is 0 Å². The second kappa shape index (κ2) is 9.42. The first-order valence-corrected chi connectivity index (χ1v) is 15.6. The van der Waals surface area contributed by atoms with Gasteiger partial charge in [0.1, 0.15) is 11.6 Å². The van der Waals surface area contributed by atoms with Gasteiger partial charge >= 0.3 is 0 Å². The quantitative estimate of drug-likeness (QED) is 0.328. The minimum absolute atomic E-state index is 0.145. The third kappa shape index (κ3) is 4.24. The normalized spacial score (nSPS) is 34.1. The predicted molar refractivity (Wildman–Crippen MR) is 155 cm³/mol. The van der Waals surface area contributed by atoms with Gasteiger partial charge in [0.05, 0.1) is 22.6 Å². The number of carbonyl (C=O) groups excluding carboxylic acids is 2. The average Bonchev–Trinajstić information content (AvgIpc) is 3.43. The molecule has 8 rings (SSSR count). The number of fused-ring (bicyclic) bond motifs is 4. The van der Waals surface area contributed by atoms with Crippen molar-refractivity contribution in [2.75, 3.05) is 10.6 Å². The number of nitrogens with one attached hydrogen (secondary N) is 3. The molecule has 0 spiro atoms. The third-order valence-electron chi connectivity index (χ3n) is 11.4. The van der Waals surface area contributed by atoms with Crippen molar-refractivity contribution < 1.29 is 9.59 Å². The smallest absolute Gasteiger partial charge is 0.231 e. The second-order valence-corrected chi connectivity index (χ2v) is 13.7. The molecule has 0 saturated heterocycles. The maximum atomic E-state index is 13.6. The fourth-order valence-corrected chi connectivity index (χ4v) is 9.22. The fourth-order valence-electron chi connectivity index (χ4n) is 9.22. The zero-order valence-corrected chi connectivity index (χ0v) is 23.1. The van der Waals surface area contributed by atoms with Crippen molar-refractivity contribution in [3.63, 3.8) is 0 Å². The monoisotopic (exact) mass is 537 g/mol. The summed E-state index contributed by atoms with van der Waals surface area (Å²) >= 11 is 0. The van der Waals surface area contributed by atoms with Gasteiger partial charge in [-0.2, -0.15) is 0 Å². The van der Waals surface area contributed by atoms with Crippen molar-refractivity contribution in [3.8, 4) is 11.4 Å². The number of aromatic nitrogens is 3. The highest BCUT2D eigenvalue weighted by Gasteiger charge is 2.55. The first-order chi connectivity index (χ1) is 19.5. The van der Waals surface area contributed by atoms with E-state index < -0.39 is 0 Å². The minimum atomic E-state index is -0.209. The Morgan fingerprint density at radius 3 is 2.50 bits per heavy atom. The largest absolute Gasteiger partial charge is 0.337 e. The van der Waals surface area contributed by atoms with Gasteiger partial charge in [-0.15, -0.1) is 0 Å². The van der Waals surface area contributed by atoms with Gasteiger partial charge in [0.2, 0.25) is 11.8 Å². The number of hydrogen-bond acceptors (Lipinski definition) is 4. The number of nitrogens with zero attached hydrogens (tertiary/aromatic N) is 2. The standard InChI is InChI=1S/C33H39N5O2/c39-31(23-7-5-20-4-6-22(20)13-23)35-26-10-8-21(9-11-26)30-36-27-14-29(34-18-28(27)37-30)38-32(40)33-15-19-2-1-3-24(16-33)25(12-19)17-33/h8-11,14,18-20,22-25H,1-7,12-13,15-17H2,(H,35,39)(H,36,37)(H,34,38,40). The first kappa shape index (κ1) is 24.6. The number of imidazole rings is 1. The van der Waals surface area contributed by atoms with Crippen LogP contribution in [0.4, 0.5) is 11.5 Å². The van der Waals surface area contributed by atoms with Gasteiger partial charge in [0, 0.05) is 23.2 Å². The lowest BCUT2D eigenvalue weighted by molar-refractivity contribution is -0.127. The molecule has 0 radical (unpaired) electrons. The lowest BCUT2D eigenvalue weighted by Gasteiger charge is -2.43. The Morgan fingerprint density at radius 2 is 1.68 bits per heavy atom. The van der Waals surface area contributed by atoms with Crippen LogP contribution in [0.2, 0.25) is 0 Å². The number of H-pyrrole nitrogens is 1. The average molecular weight is 538 g/mol. The fraction of sp³-hybridized carbons (Fsp3) is 0.576. The van der Waals surface area contributed by atoms with Crippen molar-refractivity contribution in [2.24, 2.45) is 40.9 Å². The van der Waals surface area contributed by atoms with Crippen LogP contribution in [0.1, 0.15) is 77.0 Å². The number of anilines is 2. The summed E-state index contributed by atoms with van der Waals surface area (Å²) < 4.78 is 0. The zero-order valence-electron chi connectivity index (χ0n) is 23.1. The van der Waals surface area contributed by atoms with Gasteiger partial charge in [-0.1, -0.05) is 19.3 Å². The van der Waals surface area contributed by atoms with Gasteiger partial charge < -0.3 is 15.6 Å². The molecule has 5 aliphatic rings. The number of aromatic amines is 1. The zero-order chi connectivity index (χ0) is 26.8. The first-order valence-electron chi connectivity index (χ1n) is 15.6. The SMILES string of the molecule is O=C(Nc1ccc(-c2nc3cc(NC(=O)C45CC6CCCC(C4)C(C6)C5)ncc3[nH]2)cc1)C1CCC2CCC2C1. The Hall–Kier alpha value is -3.22. The number of carbonyl (C=O) groups is 2. The van der Waals surface area contributed by atoms with E-state index >= 15 is 0 Å². The van der Waals surface area contributed by atoms with E-state index in [0.717, 1.165) is 83.9 Å². The van der Waals surface area contributed by atoms with Crippen molar-refractivity contribution in [1.29, 1.82) is 0 Å². The van der Waals surface area contributed by atoms with Crippen LogP contribution in [0.3, 0.4) is 0 Å². The topological polar surface area (TPSA) is 99.8 Å². The molecule has 5 saturated carbocycles. The minimum Gasteiger partial charge on any atom is -0.337 e. The summed E-state index contributed by atoms with van der Waals surface area (Å²) in [5.41, 5.74) is 3.18. The van der Waals surface area contributed by atoms with Crippen LogP contribution < -0.4 is 10.6 Å².